The number of hydrogen-bond acceptors (Lipinski definition) is 5. The van der Waals surface area contributed by atoms with Crippen LogP contribution in [-0.2, 0) is 0 Å². The molecule has 27 heavy (non-hydrogen) atoms. The van der Waals surface area contributed by atoms with Gasteiger partial charge in [-0.15, -0.1) is 0 Å². The summed E-state index contributed by atoms with van der Waals surface area (Å²) in [7, 11) is 0. The molecular formula is C22H24N4O. The van der Waals surface area contributed by atoms with Gasteiger partial charge in [0.15, 0.2) is 0 Å². The fourth-order valence-electron chi connectivity index (χ4n) is 3.27. The average molecular weight is 360 g/mol. The second-order valence-electron chi connectivity index (χ2n) is 7.01. The molecular weight excluding hydrogens is 336 g/mol. The van der Waals surface area contributed by atoms with Crippen LogP contribution < -0.4 is 5.32 Å². The topological polar surface area (TPSA) is 63.8 Å². The quantitative estimate of drug-likeness (QED) is 0.596. The van der Waals surface area contributed by atoms with Crippen LogP contribution in [0.25, 0.3) is 22.8 Å². The molecule has 1 N–H and O–H groups in total. The van der Waals surface area contributed by atoms with Gasteiger partial charge in [0.25, 0.3) is 5.89 Å². The predicted molar refractivity (Wildman–Crippen MR) is 107 cm³/mol. The molecule has 0 saturated carbocycles. The van der Waals surface area contributed by atoms with Gasteiger partial charge in [-0.25, -0.2) is 4.98 Å². The number of anilines is 1. The van der Waals surface area contributed by atoms with E-state index in [1.807, 2.05) is 36.4 Å². The standard InChI is InChI=1S/C22H24N4O/c1-16-7-9-18(10-8-16)21-25-22(27-26-21)19-11-12-20(24-15-19)23-14-13-17-5-3-2-4-6-17/h5,7-12,15H,2-4,6,13-14H2,1H3,(H,23,24). The third kappa shape index (κ3) is 4.42. The number of benzene rings is 1. The molecule has 3 aromatic rings. The lowest BCUT2D eigenvalue weighted by atomic mass is 9.97. The summed E-state index contributed by atoms with van der Waals surface area (Å²) in [5.74, 6) is 1.94. The maximum absolute atomic E-state index is 5.41. The molecule has 2 aromatic heterocycles. The van der Waals surface area contributed by atoms with Crippen molar-refractivity contribution in [3.63, 3.8) is 0 Å². The van der Waals surface area contributed by atoms with E-state index in [1.54, 1.807) is 11.8 Å². The minimum atomic E-state index is 0.483. The van der Waals surface area contributed by atoms with Crippen molar-refractivity contribution in [3.8, 4) is 22.8 Å². The number of aromatic nitrogens is 3. The first-order valence-corrected chi connectivity index (χ1v) is 9.57. The number of allylic oxidation sites excluding steroid dienone is 1. The summed E-state index contributed by atoms with van der Waals surface area (Å²) in [6.07, 6.45) is 10.4. The second kappa shape index (κ2) is 8.16. The molecule has 1 aliphatic carbocycles. The lowest BCUT2D eigenvalue weighted by Gasteiger charge is -2.13. The maximum Gasteiger partial charge on any atom is 0.259 e. The van der Waals surface area contributed by atoms with Crippen LogP contribution >= 0.6 is 0 Å². The molecule has 0 aliphatic heterocycles. The highest BCUT2D eigenvalue weighted by Gasteiger charge is 2.11. The molecule has 1 aromatic carbocycles. The van der Waals surface area contributed by atoms with Gasteiger partial charge in [0.2, 0.25) is 5.82 Å². The highest BCUT2D eigenvalue weighted by Crippen LogP contribution is 2.23. The normalized spacial score (nSPS) is 14.0. The number of nitrogens with one attached hydrogen (secondary N) is 1. The van der Waals surface area contributed by atoms with Gasteiger partial charge in [0, 0.05) is 18.3 Å². The SMILES string of the molecule is Cc1ccc(-c2noc(-c3ccc(NCCC4=CCCCC4)nc3)n2)cc1. The van der Waals surface area contributed by atoms with E-state index < -0.39 is 0 Å². The Morgan fingerprint density at radius 2 is 1.89 bits per heavy atom. The lowest BCUT2D eigenvalue weighted by Crippen LogP contribution is -2.05. The van der Waals surface area contributed by atoms with E-state index in [0.717, 1.165) is 29.9 Å². The molecule has 5 nitrogen and oxygen atoms in total. The summed E-state index contributed by atoms with van der Waals surface area (Å²) >= 11 is 0. The molecule has 0 amide bonds. The predicted octanol–water partition coefficient (Wildman–Crippen LogP) is 5.41. The molecule has 0 unspecified atom stereocenters. The van der Waals surface area contributed by atoms with Crippen molar-refractivity contribution in [2.24, 2.45) is 0 Å². The van der Waals surface area contributed by atoms with Gasteiger partial charge in [0.05, 0.1) is 5.56 Å². The molecule has 0 bridgehead atoms. The first kappa shape index (κ1) is 17.5. The van der Waals surface area contributed by atoms with Gasteiger partial charge < -0.3 is 9.84 Å². The van der Waals surface area contributed by atoms with Crippen molar-refractivity contribution in [3.05, 3.63) is 59.8 Å². The number of rotatable bonds is 6. The average Bonchev–Trinajstić information content (AvgIpc) is 3.20. The van der Waals surface area contributed by atoms with Crippen molar-refractivity contribution in [1.82, 2.24) is 15.1 Å². The number of pyridine rings is 1. The fourth-order valence-corrected chi connectivity index (χ4v) is 3.27. The zero-order valence-corrected chi connectivity index (χ0v) is 15.6. The maximum atomic E-state index is 5.41. The Morgan fingerprint density at radius 3 is 2.63 bits per heavy atom. The van der Waals surface area contributed by atoms with E-state index in [9.17, 15) is 0 Å². The van der Waals surface area contributed by atoms with Crippen LogP contribution in [0, 0.1) is 6.92 Å². The Labute approximate surface area is 159 Å². The minimum absolute atomic E-state index is 0.483. The monoisotopic (exact) mass is 360 g/mol. The molecule has 0 atom stereocenters. The number of aryl methyl sites for hydroxylation is 1. The summed E-state index contributed by atoms with van der Waals surface area (Å²) in [6.45, 7) is 2.97. The zero-order valence-electron chi connectivity index (χ0n) is 15.6. The molecule has 4 rings (SSSR count). The molecule has 0 fully saturated rings. The summed E-state index contributed by atoms with van der Waals surface area (Å²) in [5, 5.41) is 7.47. The van der Waals surface area contributed by atoms with Crippen molar-refractivity contribution in [2.45, 2.75) is 39.0 Å². The van der Waals surface area contributed by atoms with Gasteiger partial charge in [-0.05, 0) is 51.2 Å². The molecule has 0 spiro atoms. The van der Waals surface area contributed by atoms with Gasteiger partial charge in [-0.3, -0.25) is 0 Å². The number of nitrogens with zero attached hydrogens (tertiary/aromatic N) is 3. The third-order valence-electron chi connectivity index (χ3n) is 4.88. The summed E-state index contributed by atoms with van der Waals surface area (Å²) in [5.41, 5.74) is 4.54. The van der Waals surface area contributed by atoms with Gasteiger partial charge in [-0.1, -0.05) is 46.6 Å². The summed E-state index contributed by atoms with van der Waals surface area (Å²) < 4.78 is 5.41. The van der Waals surface area contributed by atoms with Crippen molar-refractivity contribution < 1.29 is 4.52 Å². The van der Waals surface area contributed by atoms with Crippen LogP contribution in [-0.4, -0.2) is 21.7 Å². The molecule has 0 saturated heterocycles. The summed E-state index contributed by atoms with van der Waals surface area (Å²) in [4.78, 5) is 8.96. The van der Waals surface area contributed by atoms with Crippen LogP contribution in [0.5, 0.6) is 0 Å². The Balaban J connectivity index is 1.37. The Bertz CT molecular complexity index is 910. The smallest absolute Gasteiger partial charge is 0.259 e. The largest absolute Gasteiger partial charge is 0.370 e. The van der Waals surface area contributed by atoms with Gasteiger partial charge >= 0.3 is 0 Å². The fraction of sp³-hybridized carbons (Fsp3) is 0.318. The highest BCUT2D eigenvalue weighted by atomic mass is 16.5. The van der Waals surface area contributed by atoms with Crippen LogP contribution in [0.3, 0.4) is 0 Å². The van der Waals surface area contributed by atoms with E-state index in [0.29, 0.717) is 11.7 Å². The molecule has 5 heteroatoms. The van der Waals surface area contributed by atoms with E-state index >= 15 is 0 Å². The van der Waals surface area contributed by atoms with Crippen molar-refractivity contribution in [1.29, 1.82) is 0 Å². The minimum Gasteiger partial charge on any atom is -0.370 e. The van der Waals surface area contributed by atoms with E-state index in [2.05, 4.69) is 33.4 Å². The first-order chi connectivity index (χ1) is 13.3. The van der Waals surface area contributed by atoms with E-state index in [-0.39, 0.29) is 0 Å². The van der Waals surface area contributed by atoms with E-state index in [4.69, 9.17) is 4.52 Å². The second-order valence-corrected chi connectivity index (χ2v) is 7.01. The van der Waals surface area contributed by atoms with Crippen LogP contribution in [0.15, 0.2) is 58.8 Å². The Hall–Kier alpha value is -2.95. The van der Waals surface area contributed by atoms with Crippen LogP contribution in [0.2, 0.25) is 0 Å². The first-order valence-electron chi connectivity index (χ1n) is 9.57. The Morgan fingerprint density at radius 1 is 1.04 bits per heavy atom. The molecule has 0 radical (unpaired) electrons. The number of hydrogen-bond donors (Lipinski definition) is 1. The van der Waals surface area contributed by atoms with Crippen molar-refractivity contribution >= 4 is 5.82 Å². The van der Waals surface area contributed by atoms with Crippen LogP contribution in [0.4, 0.5) is 5.82 Å². The summed E-state index contributed by atoms with van der Waals surface area (Å²) in [6, 6.07) is 12.0. The lowest BCUT2D eigenvalue weighted by molar-refractivity contribution is 0.432. The van der Waals surface area contributed by atoms with E-state index in [1.165, 1.54) is 31.2 Å². The molecule has 2 heterocycles. The molecule has 138 valence electrons. The van der Waals surface area contributed by atoms with Crippen LogP contribution in [0.1, 0.15) is 37.7 Å². The third-order valence-corrected chi connectivity index (χ3v) is 4.88. The van der Waals surface area contributed by atoms with Gasteiger partial charge in [0.1, 0.15) is 5.82 Å². The zero-order chi connectivity index (χ0) is 18.5. The van der Waals surface area contributed by atoms with Crippen molar-refractivity contribution in [2.75, 3.05) is 11.9 Å². The molecule has 1 aliphatic rings. The Kier molecular flexibility index (Phi) is 5.28. The highest BCUT2D eigenvalue weighted by molar-refractivity contribution is 5.60. The van der Waals surface area contributed by atoms with Gasteiger partial charge in [-0.2, -0.15) is 4.98 Å².